The molecule has 0 aliphatic rings. The maximum atomic E-state index is 11.1. The van der Waals surface area contributed by atoms with Crippen LogP contribution in [-0.4, -0.2) is 5.97 Å². The van der Waals surface area contributed by atoms with Crippen molar-refractivity contribution in [3.63, 3.8) is 0 Å². The zero-order valence-electron chi connectivity index (χ0n) is 7.67. The van der Waals surface area contributed by atoms with Crippen molar-refractivity contribution >= 4 is 5.97 Å². The Labute approximate surface area is 73.3 Å². The third-order valence-electron chi connectivity index (χ3n) is 1.75. The third kappa shape index (κ3) is 3.97. The number of esters is 1. The molecule has 0 aromatic rings. The first-order chi connectivity index (χ1) is 5.76. The summed E-state index contributed by atoms with van der Waals surface area (Å²) in [6.07, 6.45) is 4.94. The second-order valence-electron chi connectivity index (χ2n) is 2.79. The molecule has 0 saturated carbocycles. The summed E-state index contributed by atoms with van der Waals surface area (Å²) in [5, 5.41) is 8.13. The van der Waals surface area contributed by atoms with Crippen LogP contribution in [0, 0.1) is 17.4 Å². The van der Waals surface area contributed by atoms with Gasteiger partial charge in [-0.3, -0.25) is 4.79 Å². The standard InChI is InChI=1S/C9H15NO2/c1-3-5-8(6-4-2)9(11)12-7-10/h8H,3-6H2,1-2H3. The van der Waals surface area contributed by atoms with Gasteiger partial charge in [-0.2, -0.15) is 0 Å². The molecule has 3 heteroatoms. The quantitative estimate of drug-likeness (QED) is 0.468. The summed E-state index contributed by atoms with van der Waals surface area (Å²) in [5.74, 6) is -0.458. The van der Waals surface area contributed by atoms with Crippen molar-refractivity contribution in [3.05, 3.63) is 0 Å². The second-order valence-corrected chi connectivity index (χ2v) is 2.79. The maximum Gasteiger partial charge on any atom is 0.324 e. The molecule has 0 radical (unpaired) electrons. The van der Waals surface area contributed by atoms with Crippen LogP contribution in [0.2, 0.25) is 0 Å². The Hall–Kier alpha value is -1.04. The van der Waals surface area contributed by atoms with Crippen molar-refractivity contribution in [3.8, 4) is 6.26 Å². The molecule has 68 valence electrons. The van der Waals surface area contributed by atoms with Crippen LogP contribution in [0.15, 0.2) is 0 Å². The third-order valence-corrected chi connectivity index (χ3v) is 1.75. The molecule has 0 heterocycles. The van der Waals surface area contributed by atoms with Gasteiger partial charge >= 0.3 is 5.97 Å². The van der Waals surface area contributed by atoms with Crippen LogP contribution in [0.3, 0.4) is 0 Å². The molecule has 0 spiro atoms. The predicted octanol–water partition coefficient (Wildman–Crippen LogP) is 2.23. The van der Waals surface area contributed by atoms with E-state index in [2.05, 4.69) is 4.74 Å². The Morgan fingerprint density at radius 3 is 2.25 bits per heavy atom. The maximum absolute atomic E-state index is 11.1. The molecule has 0 aromatic carbocycles. The monoisotopic (exact) mass is 169 g/mol. The minimum Gasteiger partial charge on any atom is -0.351 e. The van der Waals surface area contributed by atoms with Gasteiger partial charge in [-0.25, -0.2) is 0 Å². The van der Waals surface area contributed by atoms with E-state index < -0.39 is 0 Å². The molecule has 0 atom stereocenters. The van der Waals surface area contributed by atoms with Gasteiger partial charge in [0.1, 0.15) is 0 Å². The Bertz CT molecular complexity index is 166. The minimum atomic E-state index is -0.374. The smallest absolute Gasteiger partial charge is 0.324 e. The SMILES string of the molecule is CCCC(CCC)C(=O)OC#N. The lowest BCUT2D eigenvalue weighted by Gasteiger charge is -2.09. The molecule has 0 fully saturated rings. The molecule has 0 aliphatic heterocycles. The van der Waals surface area contributed by atoms with Gasteiger partial charge in [0.2, 0.25) is 0 Å². The van der Waals surface area contributed by atoms with Gasteiger partial charge in [-0.15, -0.1) is 5.26 Å². The van der Waals surface area contributed by atoms with E-state index in [1.165, 1.54) is 6.26 Å². The Morgan fingerprint density at radius 1 is 1.42 bits per heavy atom. The highest BCUT2D eigenvalue weighted by Crippen LogP contribution is 2.14. The lowest BCUT2D eigenvalue weighted by atomic mass is 9.99. The van der Waals surface area contributed by atoms with E-state index in [1.54, 1.807) is 0 Å². The van der Waals surface area contributed by atoms with E-state index in [1.807, 2.05) is 13.8 Å². The number of nitriles is 1. The molecule has 0 unspecified atom stereocenters. The fourth-order valence-corrected chi connectivity index (χ4v) is 1.21. The van der Waals surface area contributed by atoms with Crippen molar-refractivity contribution < 1.29 is 9.53 Å². The average molecular weight is 169 g/mol. The summed E-state index contributed by atoms with van der Waals surface area (Å²) in [4.78, 5) is 11.1. The van der Waals surface area contributed by atoms with E-state index in [0.29, 0.717) is 0 Å². The first kappa shape index (κ1) is 11.0. The van der Waals surface area contributed by atoms with E-state index in [0.717, 1.165) is 25.7 Å². The summed E-state index contributed by atoms with van der Waals surface area (Å²) >= 11 is 0. The molecule has 3 nitrogen and oxygen atoms in total. The van der Waals surface area contributed by atoms with Crippen LogP contribution in [0.4, 0.5) is 0 Å². The van der Waals surface area contributed by atoms with Gasteiger partial charge in [0.15, 0.2) is 0 Å². The van der Waals surface area contributed by atoms with Crippen LogP contribution >= 0.6 is 0 Å². The lowest BCUT2D eigenvalue weighted by molar-refractivity contribution is -0.142. The fraction of sp³-hybridized carbons (Fsp3) is 0.778. The molecule has 0 rings (SSSR count). The van der Waals surface area contributed by atoms with Gasteiger partial charge in [-0.1, -0.05) is 26.7 Å². The van der Waals surface area contributed by atoms with Gasteiger partial charge in [0.05, 0.1) is 5.92 Å². The molecule has 0 aromatic heterocycles. The van der Waals surface area contributed by atoms with Crippen LogP contribution in [0.1, 0.15) is 39.5 Å². The molecule has 0 aliphatic carbocycles. The number of rotatable bonds is 5. The number of carbonyl (C=O) groups excluding carboxylic acids is 1. The fourth-order valence-electron chi connectivity index (χ4n) is 1.21. The number of ether oxygens (including phenoxy) is 1. The van der Waals surface area contributed by atoms with Crippen LogP contribution < -0.4 is 0 Å². The van der Waals surface area contributed by atoms with E-state index >= 15 is 0 Å². The van der Waals surface area contributed by atoms with Crippen LogP contribution in [0.5, 0.6) is 0 Å². The highest BCUT2D eigenvalue weighted by molar-refractivity contribution is 5.73. The topological polar surface area (TPSA) is 50.1 Å². The average Bonchev–Trinajstić information content (AvgIpc) is 2.04. The number of nitrogens with zero attached hydrogens (tertiary/aromatic N) is 1. The normalized spacial score (nSPS) is 9.50. The molecule has 0 amide bonds. The van der Waals surface area contributed by atoms with Crippen molar-refractivity contribution in [2.24, 2.45) is 5.92 Å². The lowest BCUT2D eigenvalue weighted by Crippen LogP contribution is -2.15. The predicted molar refractivity (Wildman–Crippen MR) is 45.0 cm³/mol. The molecule has 0 N–H and O–H groups in total. The summed E-state index contributed by atoms with van der Waals surface area (Å²) in [6, 6.07) is 0. The Morgan fingerprint density at radius 2 is 1.92 bits per heavy atom. The number of carbonyl (C=O) groups is 1. The first-order valence-electron chi connectivity index (χ1n) is 4.36. The van der Waals surface area contributed by atoms with Crippen molar-refractivity contribution in [2.45, 2.75) is 39.5 Å². The van der Waals surface area contributed by atoms with E-state index in [9.17, 15) is 4.79 Å². The van der Waals surface area contributed by atoms with Crippen molar-refractivity contribution in [1.29, 1.82) is 5.26 Å². The van der Waals surface area contributed by atoms with E-state index in [4.69, 9.17) is 5.26 Å². The van der Waals surface area contributed by atoms with Gasteiger partial charge in [0, 0.05) is 0 Å². The highest BCUT2D eigenvalue weighted by Gasteiger charge is 2.17. The number of hydrogen-bond acceptors (Lipinski definition) is 3. The van der Waals surface area contributed by atoms with Crippen LogP contribution in [-0.2, 0) is 9.53 Å². The summed E-state index contributed by atoms with van der Waals surface area (Å²) in [5.41, 5.74) is 0. The Balaban J connectivity index is 3.92. The largest absolute Gasteiger partial charge is 0.351 e. The van der Waals surface area contributed by atoms with Gasteiger partial charge in [-0.05, 0) is 12.8 Å². The highest BCUT2D eigenvalue weighted by atomic mass is 16.5. The first-order valence-corrected chi connectivity index (χ1v) is 4.36. The van der Waals surface area contributed by atoms with Crippen LogP contribution in [0.25, 0.3) is 0 Å². The minimum absolute atomic E-state index is 0.0837. The van der Waals surface area contributed by atoms with Crippen molar-refractivity contribution in [1.82, 2.24) is 0 Å². The summed E-state index contributed by atoms with van der Waals surface area (Å²) in [6.45, 7) is 4.03. The molecule has 0 saturated heterocycles. The summed E-state index contributed by atoms with van der Waals surface area (Å²) in [7, 11) is 0. The van der Waals surface area contributed by atoms with E-state index in [-0.39, 0.29) is 11.9 Å². The number of hydrogen-bond donors (Lipinski definition) is 0. The molecule has 12 heavy (non-hydrogen) atoms. The summed E-state index contributed by atoms with van der Waals surface area (Å²) < 4.78 is 4.28. The molecule has 0 bridgehead atoms. The Kier molecular flexibility index (Phi) is 6.08. The molecular formula is C9H15NO2. The molecular weight excluding hydrogens is 154 g/mol. The van der Waals surface area contributed by atoms with Gasteiger partial charge in [0.25, 0.3) is 6.26 Å². The van der Waals surface area contributed by atoms with Crippen molar-refractivity contribution in [2.75, 3.05) is 0 Å². The van der Waals surface area contributed by atoms with Gasteiger partial charge < -0.3 is 4.74 Å². The zero-order chi connectivity index (χ0) is 9.40. The second kappa shape index (κ2) is 6.66. The zero-order valence-corrected chi connectivity index (χ0v) is 7.67.